The highest BCUT2D eigenvalue weighted by Crippen LogP contribution is 2.39. The van der Waals surface area contributed by atoms with Crippen LogP contribution in [0.5, 0.6) is 0 Å². The van der Waals surface area contributed by atoms with Crippen LogP contribution in [0.4, 0.5) is 26.3 Å². The fraction of sp³-hybridized carbons (Fsp3) is 0.333. The third-order valence-corrected chi connectivity index (χ3v) is 2.02. The Morgan fingerprint density at radius 3 is 2.06 bits per heavy atom. The molecule has 0 aliphatic rings. The lowest BCUT2D eigenvalue weighted by Crippen LogP contribution is -2.17. The van der Waals surface area contributed by atoms with Crippen LogP contribution >= 0.6 is 0 Å². The van der Waals surface area contributed by atoms with Gasteiger partial charge in [0.25, 0.3) is 0 Å². The van der Waals surface area contributed by atoms with Crippen LogP contribution in [0.15, 0.2) is 12.7 Å². The third kappa shape index (κ3) is 2.39. The Kier molecular flexibility index (Phi) is 3.28. The number of aryl methyl sites for hydroxylation is 1. The van der Waals surface area contributed by atoms with Crippen LogP contribution in [0.2, 0.25) is 0 Å². The number of carbonyl (C=O) groups excluding carboxylic acids is 1. The molecule has 0 unspecified atom stereocenters. The van der Waals surface area contributed by atoms with Crippen molar-refractivity contribution < 1.29 is 31.1 Å². The highest BCUT2D eigenvalue weighted by molar-refractivity contribution is 6.06. The van der Waals surface area contributed by atoms with Gasteiger partial charge in [-0.25, -0.2) is 0 Å². The van der Waals surface area contributed by atoms with E-state index in [1.54, 1.807) is 0 Å². The summed E-state index contributed by atoms with van der Waals surface area (Å²) in [6.45, 7) is 2.87. The molecule has 0 fully saturated rings. The van der Waals surface area contributed by atoms with Crippen molar-refractivity contribution in [1.29, 1.82) is 0 Å². The Hall–Kier alpha value is -1.80. The predicted octanol–water partition coefficient (Wildman–Crippen LogP) is 2.83. The molecule has 0 amide bonds. The molecular weight excluding hydrogens is 266 g/mol. The molecular formula is C9H6F6N2O. The van der Waals surface area contributed by atoms with Crippen molar-refractivity contribution in [2.75, 3.05) is 0 Å². The van der Waals surface area contributed by atoms with Gasteiger partial charge in [0.05, 0.1) is 5.56 Å². The molecule has 9 heteroatoms. The summed E-state index contributed by atoms with van der Waals surface area (Å²) in [5.74, 6) is -1.48. The first-order valence-electron chi connectivity index (χ1n) is 4.38. The highest BCUT2D eigenvalue weighted by atomic mass is 19.4. The molecule has 100 valence electrons. The van der Waals surface area contributed by atoms with E-state index in [-0.39, 0.29) is 4.68 Å². The van der Waals surface area contributed by atoms with E-state index < -0.39 is 35.1 Å². The monoisotopic (exact) mass is 272 g/mol. The summed E-state index contributed by atoms with van der Waals surface area (Å²) < 4.78 is 75.3. The number of nitrogens with zero attached hydrogens (tertiary/aromatic N) is 2. The molecule has 0 radical (unpaired) electrons. The summed E-state index contributed by atoms with van der Waals surface area (Å²) in [5, 5.41) is 2.72. The normalized spacial score (nSPS) is 12.6. The number of hydrogen-bond acceptors (Lipinski definition) is 2. The zero-order valence-corrected chi connectivity index (χ0v) is 8.85. The van der Waals surface area contributed by atoms with Crippen molar-refractivity contribution in [2.24, 2.45) is 7.05 Å². The summed E-state index contributed by atoms with van der Waals surface area (Å²) in [5.41, 5.74) is -5.16. The Morgan fingerprint density at radius 2 is 1.72 bits per heavy atom. The molecule has 0 saturated carbocycles. The summed E-state index contributed by atoms with van der Waals surface area (Å²) in [4.78, 5) is 11.2. The van der Waals surface area contributed by atoms with Gasteiger partial charge in [-0.3, -0.25) is 9.48 Å². The second-order valence-electron chi connectivity index (χ2n) is 3.26. The molecule has 18 heavy (non-hydrogen) atoms. The molecule has 1 heterocycles. The standard InChI is InChI=1S/C9H6F6N2O/c1-3-4(18)5-6(8(10,11)12)16-17(2)7(5)9(13,14)15/h3H,1H2,2H3. The summed E-state index contributed by atoms with van der Waals surface area (Å²) >= 11 is 0. The van der Waals surface area contributed by atoms with Gasteiger partial charge in [-0.2, -0.15) is 31.4 Å². The maximum absolute atomic E-state index is 12.6. The number of alkyl halides is 6. The number of hydrogen-bond donors (Lipinski definition) is 0. The third-order valence-electron chi connectivity index (χ3n) is 2.02. The smallest absolute Gasteiger partial charge is 0.289 e. The number of allylic oxidation sites excluding steroid dienone is 1. The minimum atomic E-state index is -5.16. The van der Waals surface area contributed by atoms with E-state index >= 15 is 0 Å². The highest BCUT2D eigenvalue weighted by Gasteiger charge is 2.47. The molecule has 0 spiro atoms. The quantitative estimate of drug-likeness (QED) is 0.471. The van der Waals surface area contributed by atoms with E-state index in [1.807, 2.05) is 0 Å². The van der Waals surface area contributed by atoms with Crippen LogP contribution < -0.4 is 0 Å². The van der Waals surface area contributed by atoms with Gasteiger partial charge in [0.1, 0.15) is 0 Å². The first-order chi connectivity index (χ1) is 8.00. The molecule has 0 bridgehead atoms. The van der Waals surface area contributed by atoms with Crippen LogP contribution in [-0.2, 0) is 19.4 Å². The first-order valence-corrected chi connectivity index (χ1v) is 4.38. The number of rotatable bonds is 2. The van der Waals surface area contributed by atoms with E-state index in [9.17, 15) is 31.1 Å². The molecule has 0 aliphatic carbocycles. The number of aromatic nitrogens is 2. The maximum atomic E-state index is 12.6. The second kappa shape index (κ2) is 4.14. The summed E-state index contributed by atoms with van der Waals surface area (Å²) in [6.07, 6.45) is -9.91. The molecule has 1 aromatic heterocycles. The van der Waals surface area contributed by atoms with Crippen LogP contribution in [0.1, 0.15) is 21.7 Å². The maximum Gasteiger partial charge on any atom is 0.435 e. The van der Waals surface area contributed by atoms with E-state index in [4.69, 9.17) is 0 Å². The van der Waals surface area contributed by atoms with E-state index in [1.165, 1.54) is 0 Å². The SMILES string of the molecule is C=CC(=O)c1c(C(F)(F)F)nn(C)c1C(F)(F)F. The van der Waals surface area contributed by atoms with E-state index in [2.05, 4.69) is 11.7 Å². The molecule has 0 N–H and O–H groups in total. The topological polar surface area (TPSA) is 34.9 Å². The molecule has 0 atom stereocenters. The van der Waals surface area contributed by atoms with E-state index in [0.717, 1.165) is 0 Å². The minimum absolute atomic E-state index is 0.0143. The molecule has 0 saturated heterocycles. The fourth-order valence-corrected chi connectivity index (χ4v) is 1.38. The van der Waals surface area contributed by atoms with Gasteiger partial charge in [0.2, 0.25) is 0 Å². The van der Waals surface area contributed by atoms with Crippen molar-refractivity contribution in [2.45, 2.75) is 12.4 Å². The van der Waals surface area contributed by atoms with Gasteiger partial charge in [-0.05, 0) is 6.08 Å². The zero-order valence-electron chi connectivity index (χ0n) is 8.85. The Morgan fingerprint density at radius 1 is 1.22 bits per heavy atom. The van der Waals surface area contributed by atoms with Crippen molar-refractivity contribution in [3.05, 3.63) is 29.6 Å². The van der Waals surface area contributed by atoms with Crippen LogP contribution in [0.3, 0.4) is 0 Å². The first kappa shape index (κ1) is 14.3. The van der Waals surface area contributed by atoms with E-state index in [0.29, 0.717) is 13.1 Å². The van der Waals surface area contributed by atoms with Gasteiger partial charge in [-0.1, -0.05) is 6.58 Å². The van der Waals surface area contributed by atoms with Crippen molar-refractivity contribution in [1.82, 2.24) is 9.78 Å². The fourth-order valence-electron chi connectivity index (χ4n) is 1.38. The van der Waals surface area contributed by atoms with Gasteiger partial charge >= 0.3 is 12.4 Å². The summed E-state index contributed by atoms with van der Waals surface area (Å²) in [6, 6.07) is 0. The number of carbonyl (C=O) groups is 1. The van der Waals surface area contributed by atoms with Crippen LogP contribution in [0.25, 0.3) is 0 Å². The lowest BCUT2D eigenvalue weighted by atomic mass is 10.1. The van der Waals surface area contributed by atoms with Gasteiger partial charge in [-0.15, -0.1) is 0 Å². The average Bonchev–Trinajstić information content (AvgIpc) is 2.53. The van der Waals surface area contributed by atoms with Crippen LogP contribution in [0, 0.1) is 0 Å². The van der Waals surface area contributed by atoms with Crippen molar-refractivity contribution >= 4 is 5.78 Å². The lowest BCUT2D eigenvalue weighted by molar-refractivity contribution is -0.144. The minimum Gasteiger partial charge on any atom is -0.289 e. The Labute approximate surface area is 96.7 Å². The van der Waals surface area contributed by atoms with Crippen molar-refractivity contribution in [3.8, 4) is 0 Å². The molecule has 1 rings (SSSR count). The molecule has 0 aromatic carbocycles. The van der Waals surface area contributed by atoms with Crippen LogP contribution in [-0.4, -0.2) is 15.6 Å². The molecule has 0 aliphatic heterocycles. The largest absolute Gasteiger partial charge is 0.435 e. The Balaban J connectivity index is 3.69. The average molecular weight is 272 g/mol. The van der Waals surface area contributed by atoms with Gasteiger partial charge in [0.15, 0.2) is 17.2 Å². The second-order valence-corrected chi connectivity index (χ2v) is 3.26. The van der Waals surface area contributed by atoms with Crippen molar-refractivity contribution in [3.63, 3.8) is 0 Å². The van der Waals surface area contributed by atoms with Gasteiger partial charge in [0, 0.05) is 7.05 Å². The zero-order chi connectivity index (χ0) is 14.3. The molecule has 3 nitrogen and oxygen atoms in total. The lowest BCUT2D eigenvalue weighted by Gasteiger charge is -2.09. The number of ketones is 1. The Bertz CT molecular complexity index is 496. The molecule has 1 aromatic rings. The number of halogens is 6. The van der Waals surface area contributed by atoms with Gasteiger partial charge < -0.3 is 0 Å². The summed E-state index contributed by atoms with van der Waals surface area (Å²) in [7, 11) is 0.679. The predicted molar refractivity (Wildman–Crippen MR) is 47.7 cm³/mol.